The number of carbonyl (C=O) groups excluding carboxylic acids is 2. The molecule has 2 fully saturated rings. The van der Waals surface area contributed by atoms with Gasteiger partial charge < -0.3 is 20.3 Å². The number of nitrogens with zero attached hydrogens (tertiary/aromatic N) is 3. The number of carbonyl (C=O) groups is 2. The number of amides is 2. The predicted molar refractivity (Wildman–Crippen MR) is 120 cm³/mol. The lowest BCUT2D eigenvalue weighted by Gasteiger charge is -2.42. The summed E-state index contributed by atoms with van der Waals surface area (Å²) in [6.07, 6.45) is 1.73. The molecule has 1 aromatic carbocycles. The molecular formula is C24H24F4N4O5. The minimum atomic E-state index is -1.17. The number of rotatable bonds is 4. The molecule has 2 aromatic rings. The molecule has 13 heteroatoms. The van der Waals surface area contributed by atoms with Crippen LogP contribution in [0.25, 0.3) is 0 Å². The fourth-order valence-electron chi connectivity index (χ4n) is 5.75. The van der Waals surface area contributed by atoms with E-state index >= 15 is 0 Å². The molecule has 198 valence electrons. The lowest BCUT2D eigenvalue weighted by molar-refractivity contribution is -0.226. The number of aromatic nitrogens is 1. The summed E-state index contributed by atoms with van der Waals surface area (Å²) < 4.78 is 57.5. The number of alkyl halides is 1. The van der Waals surface area contributed by atoms with Gasteiger partial charge >= 0.3 is 0 Å². The van der Waals surface area contributed by atoms with Crippen LogP contribution in [0.4, 0.5) is 17.6 Å². The molecule has 5 rings (SSSR count). The first-order valence-corrected chi connectivity index (χ1v) is 11.7. The number of hydrogen-bond donors (Lipinski definition) is 2. The molecule has 3 N–H and O–H groups in total. The fourth-order valence-corrected chi connectivity index (χ4v) is 5.75. The molecule has 2 bridgehead atoms. The normalized spacial score (nSPS) is 27.4. The third-order valence-electron chi connectivity index (χ3n) is 7.62. The molecule has 37 heavy (non-hydrogen) atoms. The molecule has 4 atom stereocenters. The van der Waals surface area contributed by atoms with Crippen molar-refractivity contribution in [2.45, 2.75) is 56.5 Å². The van der Waals surface area contributed by atoms with Gasteiger partial charge in [-0.25, -0.2) is 17.6 Å². The molecule has 1 aromatic heterocycles. The number of fused-ring (bicyclic) bond motifs is 5. The van der Waals surface area contributed by atoms with Gasteiger partial charge in [0.2, 0.25) is 5.43 Å². The van der Waals surface area contributed by atoms with E-state index in [0.717, 1.165) is 6.20 Å². The third-order valence-corrected chi connectivity index (χ3v) is 7.62. The summed E-state index contributed by atoms with van der Waals surface area (Å²) in [6, 6.07) is -0.968. The minimum absolute atomic E-state index is 0.0687. The molecule has 3 aliphatic heterocycles. The lowest BCUT2D eigenvalue weighted by Crippen LogP contribution is -2.53. The number of hydroxylamine groups is 2. The Morgan fingerprint density at radius 2 is 1.92 bits per heavy atom. The fraction of sp³-hybridized carbons (Fsp3) is 0.458. The molecule has 0 saturated carbocycles. The highest BCUT2D eigenvalue weighted by Crippen LogP contribution is 2.49. The predicted octanol–water partition coefficient (Wildman–Crippen LogP) is 2.16. The second kappa shape index (κ2) is 8.84. The number of hydrogen-bond acceptors (Lipinski definition) is 6. The van der Waals surface area contributed by atoms with Gasteiger partial charge in [-0.15, -0.1) is 0 Å². The average molecular weight is 524 g/mol. The Bertz CT molecular complexity index is 1340. The molecule has 2 amide bonds. The number of aromatic hydroxyl groups is 1. The monoisotopic (exact) mass is 524 g/mol. The summed E-state index contributed by atoms with van der Waals surface area (Å²) in [4.78, 5) is 45.2. The van der Waals surface area contributed by atoms with Gasteiger partial charge in [0.15, 0.2) is 11.4 Å². The van der Waals surface area contributed by atoms with Gasteiger partial charge in [0, 0.05) is 36.5 Å². The highest BCUT2D eigenvalue weighted by atomic mass is 19.1. The number of benzene rings is 1. The van der Waals surface area contributed by atoms with E-state index in [-0.39, 0.29) is 32.4 Å². The van der Waals surface area contributed by atoms with Crippen LogP contribution in [-0.2, 0) is 11.4 Å². The van der Waals surface area contributed by atoms with Crippen molar-refractivity contribution in [2.75, 3.05) is 13.2 Å². The zero-order valence-corrected chi connectivity index (χ0v) is 19.7. The second-order valence-electron chi connectivity index (χ2n) is 9.79. The Morgan fingerprint density at radius 1 is 1.24 bits per heavy atom. The highest BCUT2D eigenvalue weighted by molar-refractivity contribution is 5.99. The molecule has 1 unspecified atom stereocenters. The van der Waals surface area contributed by atoms with Crippen molar-refractivity contribution in [3.8, 4) is 5.75 Å². The van der Waals surface area contributed by atoms with E-state index in [9.17, 15) is 37.1 Å². The standard InChI is InChI=1S/C24H24F4N4O5/c1-11-6-24(37-32(11)9-14-16(27)4-12(26)5-17(14)28)3-2-13(7-25)30-10-18(24)31-8-15(22(29)35)20(33)21(34)19(31)23(30)36/h4-5,8,11,13,18,34H,2-3,6-7,9-10H2,1H3,(H2,29,35)/t11?,13-,18-,24+/m1/s1. The van der Waals surface area contributed by atoms with Crippen LogP contribution in [0.1, 0.15) is 58.6 Å². The molecule has 2 saturated heterocycles. The Morgan fingerprint density at radius 3 is 2.54 bits per heavy atom. The van der Waals surface area contributed by atoms with E-state index in [0.29, 0.717) is 12.1 Å². The van der Waals surface area contributed by atoms with Crippen molar-refractivity contribution in [2.24, 2.45) is 5.73 Å². The minimum Gasteiger partial charge on any atom is -0.503 e. The lowest BCUT2D eigenvalue weighted by atomic mass is 9.84. The summed E-state index contributed by atoms with van der Waals surface area (Å²) in [6.45, 7) is 0.429. The van der Waals surface area contributed by atoms with Crippen LogP contribution in [0.5, 0.6) is 5.75 Å². The van der Waals surface area contributed by atoms with Crippen molar-refractivity contribution in [3.63, 3.8) is 0 Å². The van der Waals surface area contributed by atoms with E-state index in [1.54, 1.807) is 6.92 Å². The summed E-state index contributed by atoms with van der Waals surface area (Å²) in [5, 5.41) is 12.0. The number of nitrogens with two attached hydrogens (primary N) is 1. The smallest absolute Gasteiger partial charge is 0.274 e. The number of halogens is 4. The third kappa shape index (κ3) is 3.87. The van der Waals surface area contributed by atoms with Crippen molar-refractivity contribution in [1.29, 1.82) is 0 Å². The second-order valence-corrected chi connectivity index (χ2v) is 9.79. The summed E-state index contributed by atoms with van der Waals surface area (Å²) in [7, 11) is 0. The van der Waals surface area contributed by atoms with Gasteiger partial charge in [-0.05, 0) is 26.2 Å². The molecule has 1 spiro atoms. The Kier molecular flexibility index (Phi) is 6.02. The van der Waals surface area contributed by atoms with Crippen LogP contribution >= 0.6 is 0 Å². The molecule has 9 nitrogen and oxygen atoms in total. The first kappa shape index (κ1) is 25.2. The van der Waals surface area contributed by atoms with E-state index < -0.39 is 87.7 Å². The van der Waals surface area contributed by atoms with E-state index in [1.165, 1.54) is 14.5 Å². The van der Waals surface area contributed by atoms with E-state index in [1.807, 2.05) is 0 Å². The Hall–Kier alpha value is -3.45. The van der Waals surface area contributed by atoms with Crippen LogP contribution in [0.15, 0.2) is 23.1 Å². The van der Waals surface area contributed by atoms with E-state index in [2.05, 4.69) is 0 Å². The first-order chi connectivity index (χ1) is 17.5. The summed E-state index contributed by atoms with van der Waals surface area (Å²) in [5.74, 6) is -6.10. The van der Waals surface area contributed by atoms with Crippen molar-refractivity contribution < 1.29 is 37.1 Å². The maximum absolute atomic E-state index is 14.4. The Balaban J connectivity index is 1.61. The quantitative estimate of drug-likeness (QED) is 0.592. The summed E-state index contributed by atoms with van der Waals surface area (Å²) in [5.41, 5.74) is 1.67. The molecule has 4 heterocycles. The van der Waals surface area contributed by atoms with Crippen LogP contribution < -0.4 is 11.2 Å². The van der Waals surface area contributed by atoms with Crippen LogP contribution in [0.3, 0.4) is 0 Å². The van der Waals surface area contributed by atoms with Gasteiger partial charge in [0.1, 0.15) is 35.3 Å². The van der Waals surface area contributed by atoms with Gasteiger partial charge in [-0.3, -0.25) is 19.2 Å². The summed E-state index contributed by atoms with van der Waals surface area (Å²) >= 11 is 0. The zero-order valence-electron chi connectivity index (χ0n) is 19.7. The van der Waals surface area contributed by atoms with E-state index in [4.69, 9.17) is 10.6 Å². The maximum atomic E-state index is 14.4. The van der Waals surface area contributed by atoms with Gasteiger partial charge in [0.25, 0.3) is 11.8 Å². The zero-order chi connectivity index (χ0) is 26.8. The number of primary amides is 1. The van der Waals surface area contributed by atoms with Gasteiger partial charge in [0.05, 0.1) is 18.6 Å². The highest BCUT2D eigenvalue weighted by Gasteiger charge is 2.56. The molecule has 0 radical (unpaired) electrons. The van der Waals surface area contributed by atoms with Crippen LogP contribution in [0, 0.1) is 17.5 Å². The number of pyridine rings is 1. The SMILES string of the molecule is CC1C[C@]2(CC[C@H](CF)N3C[C@H]2n2cc(C(N)=O)c(=O)c(O)c2C3=O)ON1Cc1c(F)cc(F)cc1F. The van der Waals surface area contributed by atoms with Crippen molar-refractivity contribution >= 4 is 11.8 Å². The average Bonchev–Trinajstić information content (AvgIpc) is 3.07. The van der Waals surface area contributed by atoms with Gasteiger partial charge in [-0.2, -0.15) is 5.06 Å². The maximum Gasteiger partial charge on any atom is 0.274 e. The molecule has 3 aliphatic rings. The molecule has 0 aliphatic carbocycles. The Labute approximate surface area is 208 Å². The van der Waals surface area contributed by atoms with Gasteiger partial charge in [-0.1, -0.05) is 0 Å². The topological polar surface area (TPSA) is 118 Å². The largest absolute Gasteiger partial charge is 0.503 e. The van der Waals surface area contributed by atoms with Crippen LogP contribution in [0.2, 0.25) is 0 Å². The van der Waals surface area contributed by atoms with Crippen LogP contribution in [-0.4, -0.2) is 62.4 Å². The van der Waals surface area contributed by atoms with Crippen molar-refractivity contribution in [1.82, 2.24) is 14.5 Å². The first-order valence-electron chi connectivity index (χ1n) is 11.7. The van der Waals surface area contributed by atoms with Crippen molar-refractivity contribution in [3.05, 3.63) is 62.8 Å². The molecular weight excluding hydrogens is 500 g/mol.